The topological polar surface area (TPSA) is 54.0 Å². The number of nitrogens with one attached hydrogen (secondary N) is 2. The molecule has 1 aromatic carbocycles. The van der Waals surface area contributed by atoms with E-state index in [1.165, 1.54) is 12.1 Å². The summed E-state index contributed by atoms with van der Waals surface area (Å²) in [4.78, 5) is 17.2. The molecule has 0 fully saturated rings. The highest BCUT2D eigenvalue weighted by molar-refractivity contribution is 7.11. The van der Waals surface area contributed by atoms with Crippen molar-refractivity contribution < 1.29 is 9.18 Å². The van der Waals surface area contributed by atoms with E-state index >= 15 is 0 Å². The van der Waals surface area contributed by atoms with E-state index in [1.807, 2.05) is 20.8 Å². The minimum Gasteiger partial charge on any atom is -0.330 e. The molecule has 0 aliphatic carbocycles. The molecule has 2 aromatic rings. The number of rotatable bonds is 3. The van der Waals surface area contributed by atoms with Gasteiger partial charge in [0, 0.05) is 10.6 Å². The molecule has 0 saturated carbocycles. The van der Waals surface area contributed by atoms with Crippen LogP contribution in [0.4, 0.5) is 14.9 Å². The standard InChI is InChI=1S/C14H16FN3OS/c1-8-13(20-10(3)16-8)9(2)17-14(19)18-12-6-4-5-11(15)7-12/h4-7,9H,1-3H3,(H2,17,18,19). The van der Waals surface area contributed by atoms with Gasteiger partial charge in [0.05, 0.1) is 16.7 Å². The predicted octanol–water partition coefficient (Wildman–Crippen LogP) is 3.78. The summed E-state index contributed by atoms with van der Waals surface area (Å²) in [6, 6.07) is 5.27. The van der Waals surface area contributed by atoms with Crippen LogP contribution in [0.15, 0.2) is 24.3 Å². The molecular weight excluding hydrogens is 277 g/mol. The summed E-state index contributed by atoms with van der Waals surface area (Å²) < 4.78 is 13.0. The third-order valence-corrected chi connectivity index (χ3v) is 4.02. The van der Waals surface area contributed by atoms with Gasteiger partial charge in [0.15, 0.2) is 0 Å². The lowest BCUT2D eigenvalue weighted by Gasteiger charge is -2.13. The quantitative estimate of drug-likeness (QED) is 0.904. The fraction of sp³-hybridized carbons (Fsp3) is 0.286. The molecule has 1 heterocycles. The molecule has 1 aromatic heterocycles. The van der Waals surface area contributed by atoms with Crippen LogP contribution >= 0.6 is 11.3 Å². The third-order valence-electron chi connectivity index (χ3n) is 2.76. The Hall–Kier alpha value is -1.95. The van der Waals surface area contributed by atoms with E-state index in [2.05, 4.69) is 15.6 Å². The van der Waals surface area contributed by atoms with Crippen LogP contribution in [-0.4, -0.2) is 11.0 Å². The van der Waals surface area contributed by atoms with Crippen LogP contribution in [0.5, 0.6) is 0 Å². The number of aromatic nitrogens is 1. The van der Waals surface area contributed by atoms with Crippen molar-refractivity contribution in [2.45, 2.75) is 26.8 Å². The van der Waals surface area contributed by atoms with Gasteiger partial charge in [-0.3, -0.25) is 0 Å². The van der Waals surface area contributed by atoms with Crippen LogP contribution in [-0.2, 0) is 0 Å². The number of aryl methyl sites for hydroxylation is 2. The van der Waals surface area contributed by atoms with Crippen LogP contribution in [0, 0.1) is 19.7 Å². The summed E-state index contributed by atoms with van der Waals surface area (Å²) in [6.45, 7) is 5.74. The molecule has 20 heavy (non-hydrogen) atoms. The second-order valence-corrected chi connectivity index (χ2v) is 5.75. The van der Waals surface area contributed by atoms with Gasteiger partial charge in [0.25, 0.3) is 0 Å². The number of carbonyl (C=O) groups is 1. The van der Waals surface area contributed by atoms with E-state index in [4.69, 9.17) is 0 Å². The zero-order chi connectivity index (χ0) is 14.7. The van der Waals surface area contributed by atoms with Gasteiger partial charge in [-0.15, -0.1) is 11.3 Å². The number of hydrogen-bond acceptors (Lipinski definition) is 3. The molecule has 2 N–H and O–H groups in total. The number of halogens is 1. The largest absolute Gasteiger partial charge is 0.330 e. The molecular formula is C14H16FN3OS. The number of urea groups is 1. The number of anilines is 1. The monoisotopic (exact) mass is 293 g/mol. The third kappa shape index (κ3) is 3.54. The molecule has 6 heteroatoms. The molecule has 0 radical (unpaired) electrons. The van der Waals surface area contributed by atoms with Gasteiger partial charge < -0.3 is 10.6 Å². The molecule has 2 amide bonds. The fourth-order valence-electron chi connectivity index (χ4n) is 1.94. The van der Waals surface area contributed by atoms with Crippen LogP contribution in [0.1, 0.15) is 28.5 Å². The Morgan fingerprint density at radius 3 is 2.75 bits per heavy atom. The maximum Gasteiger partial charge on any atom is 0.319 e. The lowest BCUT2D eigenvalue weighted by molar-refractivity contribution is 0.249. The Labute approximate surface area is 121 Å². The molecule has 1 unspecified atom stereocenters. The Bertz CT molecular complexity index is 627. The Kier molecular flexibility index (Phi) is 4.34. The highest BCUT2D eigenvalue weighted by atomic mass is 32.1. The predicted molar refractivity (Wildman–Crippen MR) is 78.6 cm³/mol. The summed E-state index contributed by atoms with van der Waals surface area (Å²) in [5.41, 5.74) is 1.35. The van der Waals surface area contributed by atoms with Crippen LogP contribution in [0.2, 0.25) is 0 Å². The summed E-state index contributed by atoms with van der Waals surface area (Å²) in [6.07, 6.45) is 0. The second-order valence-electron chi connectivity index (χ2n) is 4.51. The number of nitrogens with zero attached hydrogens (tertiary/aromatic N) is 1. The first kappa shape index (κ1) is 14.5. The van der Waals surface area contributed by atoms with E-state index in [-0.39, 0.29) is 17.9 Å². The molecule has 0 aliphatic heterocycles. The van der Waals surface area contributed by atoms with E-state index < -0.39 is 0 Å². The van der Waals surface area contributed by atoms with Gasteiger partial charge in [-0.25, -0.2) is 14.2 Å². The van der Waals surface area contributed by atoms with Gasteiger partial charge in [0.2, 0.25) is 0 Å². The van der Waals surface area contributed by atoms with Gasteiger partial charge >= 0.3 is 6.03 Å². The van der Waals surface area contributed by atoms with Crippen molar-refractivity contribution in [2.75, 3.05) is 5.32 Å². The second kappa shape index (κ2) is 6.00. The fourth-order valence-corrected chi connectivity index (χ4v) is 2.87. The van der Waals surface area contributed by atoms with Gasteiger partial charge in [0.1, 0.15) is 5.82 Å². The maximum absolute atomic E-state index is 13.0. The van der Waals surface area contributed by atoms with Crippen LogP contribution in [0.3, 0.4) is 0 Å². The van der Waals surface area contributed by atoms with Gasteiger partial charge in [-0.1, -0.05) is 6.07 Å². The molecule has 4 nitrogen and oxygen atoms in total. The number of thiazole rings is 1. The molecule has 0 spiro atoms. The lowest BCUT2D eigenvalue weighted by atomic mass is 10.2. The zero-order valence-electron chi connectivity index (χ0n) is 11.5. The Balaban J connectivity index is 1.99. The van der Waals surface area contributed by atoms with Crippen LogP contribution < -0.4 is 10.6 Å². The lowest BCUT2D eigenvalue weighted by Crippen LogP contribution is -2.31. The highest BCUT2D eigenvalue weighted by Gasteiger charge is 2.15. The van der Waals surface area contributed by atoms with Gasteiger partial charge in [-0.05, 0) is 39.0 Å². The Morgan fingerprint density at radius 2 is 2.15 bits per heavy atom. The minimum atomic E-state index is -0.384. The number of hydrogen-bond donors (Lipinski definition) is 2. The number of benzene rings is 1. The highest BCUT2D eigenvalue weighted by Crippen LogP contribution is 2.24. The van der Waals surface area contributed by atoms with Crippen molar-refractivity contribution in [2.24, 2.45) is 0 Å². The van der Waals surface area contributed by atoms with Crippen molar-refractivity contribution in [3.05, 3.63) is 45.7 Å². The van der Waals surface area contributed by atoms with E-state index in [9.17, 15) is 9.18 Å². The summed E-state index contributed by atoms with van der Waals surface area (Å²) >= 11 is 1.56. The van der Waals surface area contributed by atoms with Crippen LogP contribution in [0.25, 0.3) is 0 Å². The first-order valence-corrected chi connectivity index (χ1v) is 7.04. The minimum absolute atomic E-state index is 0.144. The maximum atomic E-state index is 13.0. The molecule has 2 rings (SSSR count). The average molecular weight is 293 g/mol. The van der Waals surface area contributed by atoms with Crippen molar-refractivity contribution >= 4 is 23.1 Å². The smallest absolute Gasteiger partial charge is 0.319 e. The van der Waals surface area contributed by atoms with Crippen molar-refractivity contribution in [3.63, 3.8) is 0 Å². The van der Waals surface area contributed by atoms with Crippen molar-refractivity contribution in [1.82, 2.24) is 10.3 Å². The normalized spacial score (nSPS) is 12.0. The summed E-state index contributed by atoms with van der Waals surface area (Å²) in [7, 11) is 0. The SMILES string of the molecule is Cc1nc(C)c(C(C)NC(=O)Nc2cccc(F)c2)s1. The van der Waals surface area contributed by atoms with E-state index in [1.54, 1.807) is 23.5 Å². The molecule has 0 aliphatic rings. The zero-order valence-corrected chi connectivity index (χ0v) is 12.3. The van der Waals surface area contributed by atoms with Gasteiger partial charge in [-0.2, -0.15) is 0 Å². The summed E-state index contributed by atoms with van der Waals surface area (Å²) in [5, 5.41) is 6.39. The van der Waals surface area contributed by atoms with Crippen molar-refractivity contribution in [1.29, 1.82) is 0 Å². The Morgan fingerprint density at radius 1 is 1.40 bits per heavy atom. The molecule has 1 atom stereocenters. The van der Waals surface area contributed by atoms with E-state index in [0.29, 0.717) is 5.69 Å². The number of carbonyl (C=O) groups excluding carboxylic acids is 1. The first-order chi connectivity index (χ1) is 9.45. The average Bonchev–Trinajstić information content (AvgIpc) is 2.68. The van der Waals surface area contributed by atoms with E-state index in [0.717, 1.165) is 15.6 Å². The van der Waals surface area contributed by atoms with Crippen molar-refractivity contribution in [3.8, 4) is 0 Å². The molecule has 0 saturated heterocycles. The molecule has 106 valence electrons. The summed E-state index contributed by atoms with van der Waals surface area (Å²) in [5.74, 6) is -0.384. The molecule has 0 bridgehead atoms. The first-order valence-electron chi connectivity index (χ1n) is 6.22. The number of amides is 2.